The molecule has 1 amide bonds. The average molecular weight is 524 g/mol. The third-order valence-electron chi connectivity index (χ3n) is 6.51. The Kier molecular flexibility index (Phi) is 7.94. The summed E-state index contributed by atoms with van der Waals surface area (Å²) in [6, 6.07) is 16.7. The van der Waals surface area contributed by atoms with Gasteiger partial charge in [0.1, 0.15) is 36.0 Å². The molecule has 1 aliphatic rings. The molecule has 2 heterocycles. The van der Waals surface area contributed by atoms with Crippen molar-refractivity contribution in [2.75, 3.05) is 25.6 Å². The van der Waals surface area contributed by atoms with Crippen LogP contribution in [0.1, 0.15) is 11.8 Å². The van der Waals surface area contributed by atoms with Gasteiger partial charge in [0.15, 0.2) is 6.29 Å². The maximum absolute atomic E-state index is 12.9. The quantitative estimate of drug-likeness (QED) is 0.243. The van der Waals surface area contributed by atoms with Crippen LogP contribution in [0.25, 0.3) is 26.8 Å². The lowest BCUT2D eigenvalue weighted by Gasteiger charge is -2.40. The van der Waals surface area contributed by atoms with Gasteiger partial charge in [-0.15, -0.1) is 11.3 Å². The van der Waals surface area contributed by atoms with Gasteiger partial charge in [0.25, 0.3) is 5.91 Å². The van der Waals surface area contributed by atoms with Crippen LogP contribution in [0.3, 0.4) is 0 Å². The standard InChI is InChI=1S/C27H29N3O6S/c1-14(19(12-28)26(34)29-23-25(33)24(32)20(13-31)36-27(23)35)21-8-9-22(37-21)17-5-4-16-11-18(30(2)3)7-6-15(16)10-17/h4-11,20,23-25,27,31-33,35H,13H2,1-3H3,(H,29,34)/b19-14+/t20-,23-,24-,25-,27?/m1/s1. The van der Waals surface area contributed by atoms with E-state index in [9.17, 15) is 30.5 Å². The van der Waals surface area contributed by atoms with Gasteiger partial charge in [0, 0.05) is 29.5 Å². The highest BCUT2D eigenvalue weighted by Crippen LogP contribution is 2.35. The van der Waals surface area contributed by atoms with E-state index in [2.05, 4.69) is 35.6 Å². The molecule has 1 unspecified atom stereocenters. The lowest BCUT2D eigenvalue weighted by atomic mass is 9.96. The minimum atomic E-state index is -1.67. The number of rotatable bonds is 6. The number of carbonyl (C=O) groups excluding carboxylic acids is 1. The van der Waals surface area contributed by atoms with Crippen LogP contribution in [-0.2, 0) is 9.53 Å². The summed E-state index contributed by atoms with van der Waals surface area (Å²) in [6.45, 7) is 1.03. The van der Waals surface area contributed by atoms with E-state index in [0.717, 1.165) is 26.9 Å². The number of anilines is 1. The molecule has 1 aliphatic heterocycles. The first-order valence-corrected chi connectivity index (χ1v) is 12.5. The SMILES string of the molecule is C/C(=C(/C#N)C(=O)N[C@H]1C(O)O[C@H](CO)[C@@H](O)[C@@H]1O)c1ccc(-c2ccc3cc(N(C)C)ccc3c2)s1. The Morgan fingerprint density at radius 1 is 1.08 bits per heavy atom. The first-order chi connectivity index (χ1) is 17.6. The fourth-order valence-corrected chi connectivity index (χ4v) is 5.27. The van der Waals surface area contributed by atoms with Crippen molar-refractivity contribution in [1.82, 2.24) is 5.32 Å². The van der Waals surface area contributed by atoms with E-state index in [1.165, 1.54) is 11.3 Å². The van der Waals surface area contributed by atoms with Gasteiger partial charge in [0.05, 0.1) is 6.61 Å². The first kappa shape index (κ1) is 26.8. The zero-order valence-corrected chi connectivity index (χ0v) is 21.4. The predicted molar refractivity (Wildman–Crippen MR) is 142 cm³/mol. The molecule has 5 atom stereocenters. The van der Waals surface area contributed by atoms with E-state index in [1.54, 1.807) is 6.92 Å². The summed E-state index contributed by atoms with van der Waals surface area (Å²) in [5.74, 6) is -0.821. The number of nitrogens with one attached hydrogen (secondary N) is 1. The summed E-state index contributed by atoms with van der Waals surface area (Å²) in [4.78, 5) is 16.6. The van der Waals surface area contributed by atoms with E-state index < -0.39 is 43.2 Å². The van der Waals surface area contributed by atoms with Crippen LogP contribution < -0.4 is 10.2 Å². The molecular formula is C27H29N3O6S. The van der Waals surface area contributed by atoms with Crippen molar-refractivity contribution in [3.05, 3.63) is 59.0 Å². The van der Waals surface area contributed by atoms with Gasteiger partial charge in [0.2, 0.25) is 0 Å². The molecule has 194 valence electrons. The molecule has 0 bridgehead atoms. The van der Waals surface area contributed by atoms with Gasteiger partial charge < -0.3 is 35.4 Å². The zero-order chi connectivity index (χ0) is 26.9. The van der Waals surface area contributed by atoms with Gasteiger partial charge >= 0.3 is 0 Å². The first-order valence-electron chi connectivity index (χ1n) is 11.7. The van der Waals surface area contributed by atoms with Crippen LogP contribution >= 0.6 is 11.3 Å². The van der Waals surface area contributed by atoms with Crippen LogP contribution in [0.5, 0.6) is 0 Å². The van der Waals surface area contributed by atoms with E-state index in [4.69, 9.17) is 4.74 Å². The molecule has 0 aliphatic carbocycles. The summed E-state index contributed by atoms with van der Waals surface area (Å²) in [5.41, 5.74) is 2.36. The minimum Gasteiger partial charge on any atom is -0.394 e. The number of ether oxygens (including phenoxy) is 1. The number of benzene rings is 2. The van der Waals surface area contributed by atoms with Gasteiger partial charge in [-0.25, -0.2) is 0 Å². The Morgan fingerprint density at radius 2 is 1.78 bits per heavy atom. The Labute approximate surface area is 218 Å². The highest BCUT2D eigenvalue weighted by atomic mass is 32.1. The molecule has 4 rings (SSSR count). The maximum Gasteiger partial charge on any atom is 0.262 e. The second-order valence-electron chi connectivity index (χ2n) is 9.14. The van der Waals surface area contributed by atoms with Gasteiger partial charge in [-0.3, -0.25) is 4.79 Å². The number of carbonyl (C=O) groups is 1. The van der Waals surface area contributed by atoms with E-state index in [-0.39, 0.29) is 5.57 Å². The number of nitrogens with zero attached hydrogens (tertiary/aromatic N) is 2. The predicted octanol–water partition coefficient (Wildman–Crippen LogP) is 1.85. The van der Waals surface area contributed by atoms with Gasteiger partial charge in [-0.05, 0) is 59.2 Å². The van der Waals surface area contributed by atoms with Crippen LogP contribution in [0.4, 0.5) is 5.69 Å². The van der Waals surface area contributed by atoms with Crippen molar-refractivity contribution in [3.8, 4) is 16.5 Å². The minimum absolute atomic E-state index is 0.193. The fourth-order valence-electron chi connectivity index (χ4n) is 4.26. The van der Waals surface area contributed by atoms with Gasteiger partial charge in [-0.1, -0.05) is 18.2 Å². The molecule has 3 aromatic rings. The van der Waals surface area contributed by atoms with Crippen molar-refractivity contribution in [2.45, 2.75) is 37.6 Å². The molecule has 0 spiro atoms. The third kappa shape index (κ3) is 5.38. The number of aliphatic hydroxyl groups is 4. The Morgan fingerprint density at radius 3 is 2.46 bits per heavy atom. The topological polar surface area (TPSA) is 146 Å². The number of aliphatic hydroxyl groups excluding tert-OH is 4. The van der Waals surface area contributed by atoms with Crippen molar-refractivity contribution in [3.63, 3.8) is 0 Å². The average Bonchev–Trinajstić information content (AvgIpc) is 3.39. The van der Waals surface area contributed by atoms with Crippen LogP contribution in [-0.4, -0.2) is 77.7 Å². The van der Waals surface area contributed by atoms with Crippen molar-refractivity contribution in [1.29, 1.82) is 5.26 Å². The molecule has 9 nitrogen and oxygen atoms in total. The number of nitriles is 1. The summed E-state index contributed by atoms with van der Waals surface area (Å²) < 4.78 is 5.07. The number of thiophene rings is 1. The molecule has 0 radical (unpaired) electrons. The van der Waals surface area contributed by atoms with Crippen LogP contribution in [0, 0.1) is 11.3 Å². The van der Waals surface area contributed by atoms with Crippen molar-refractivity contribution >= 4 is 39.3 Å². The smallest absolute Gasteiger partial charge is 0.262 e. The van der Waals surface area contributed by atoms with Crippen LogP contribution in [0.2, 0.25) is 0 Å². The summed E-state index contributed by atoms with van der Waals surface area (Å²) in [7, 11) is 3.99. The number of allylic oxidation sites excluding steroid dienone is 1. The number of hydrogen-bond acceptors (Lipinski definition) is 9. The van der Waals surface area contributed by atoms with Crippen LogP contribution in [0.15, 0.2) is 54.1 Å². The molecule has 37 heavy (non-hydrogen) atoms. The van der Waals surface area contributed by atoms with E-state index >= 15 is 0 Å². The monoisotopic (exact) mass is 523 g/mol. The fraction of sp³-hybridized carbons (Fsp3) is 0.333. The van der Waals surface area contributed by atoms with Gasteiger partial charge in [-0.2, -0.15) is 5.26 Å². The largest absolute Gasteiger partial charge is 0.394 e. The molecule has 10 heteroatoms. The van der Waals surface area contributed by atoms with E-state index in [1.807, 2.05) is 43.3 Å². The summed E-state index contributed by atoms with van der Waals surface area (Å²) in [6.07, 6.45) is -5.99. The third-order valence-corrected chi connectivity index (χ3v) is 7.77. The molecular weight excluding hydrogens is 494 g/mol. The Bertz CT molecular complexity index is 1380. The van der Waals surface area contributed by atoms with Crippen molar-refractivity contribution < 1.29 is 30.0 Å². The second kappa shape index (κ2) is 11.0. The molecule has 1 saturated heterocycles. The lowest BCUT2D eigenvalue weighted by molar-refractivity contribution is -0.253. The molecule has 1 fully saturated rings. The number of amides is 1. The molecule has 5 N–H and O–H groups in total. The highest BCUT2D eigenvalue weighted by Gasteiger charge is 2.44. The van der Waals surface area contributed by atoms with E-state index in [0.29, 0.717) is 10.5 Å². The second-order valence-corrected chi connectivity index (χ2v) is 10.2. The molecule has 0 saturated carbocycles. The highest BCUT2D eigenvalue weighted by molar-refractivity contribution is 7.16. The Hall–Kier alpha value is -3.30. The Balaban J connectivity index is 1.56. The maximum atomic E-state index is 12.9. The van der Waals surface area contributed by atoms with Crippen molar-refractivity contribution in [2.24, 2.45) is 0 Å². The number of hydrogen-bond donors (Lipinski definition) is 5. The molecule has 2 aromatic carbocycles. The normalized spacial score (nSPS) is 24.3. The summed E-state index contributed by atoms with van der Waals surface area (Å²) >= 11 is 1.43. The summed E-state index contributed by atoms with van der Waals surface area (Å²) in [5, 5.41) is 54.0. The lowest BCUT2D eigenvalue weighted by Crippen LogP contribution is -2.64. The zero-order valence-electron chi connectivity index (χ0n) is 20.6. The molecule has 1 aromatic heterocycles. The number of fused-ring (bicyclic) bond motifs is 1.